The standard InChI is InChI=1S/C17H17ClN2O3S2/c1-9-5-6-13(8-14(9)18)20-25(21,22)17-12(4)24-11(3)16(17)15-7-10(2)19-23-15/h5-8,20H,1-4H3. The molecule has 0 radical (unpaired) electrons. The summed E-state index contributed by atoms with van der Waals surface area (Å²) in [7, 11) is -3.81. The zero-order valence-corrected chi connectivity index (χ0v) is 16.6. The fraction of sp³-hybridized carbons (Fsp3) is 0.235. The van der Waals surface area contributed by atoms with E-state index in [0.717, 1.165) is 10.4 Å². The van der Waals surface area contributed by atoms with Crippen LogP contribution in [0.5, 0.6) is 0 Å². The maximum atomic E-state index is 13.0. The number of hydrogen-bond acceptors (Lipinski definition) is 5. The molecule has 132 valence electrons. The Morgan fingerprint density at radius 3 is 2.44 bits per heavy atom. The quantitative estimate of drug-likeness (QED) is 0.666. The van der Waals surface area contributed by atoms with Crippen LogP contribution >= 0.6 is 22.9 Å². The maximum absolute atomic E-state index is 13.0. The molecule has 3 rings (SSSR count). The van der Waals surface area contributed by atoms with Gasteiger partial charge in [0.25, 0.3) is 10.0 Å². The second kappa shape index (κ2) is 6.48. The molecule has 5 nitrogen and oxygen atoms in total. The summed E-state index contributed by atoms with van der Waals surface area (Å²) >= 11 is 7.51. The third-order valence-corrected chi connectivity index (χ3v) is 6.88. The van der Waals surface area contributed by atoms with E-state index in [4.69, 9.17) is 16.1 Å². The normalized spacial score (nSPS) is 11.7. The number of sulfonamides is 1. The van der Waals surface area contributed by atoms with Crippen LogP contribution in [0.25, 0.3) is 11.3 Å². The number of aryl methyl sites for hydroxylation is 4. The lowest BCUT2D eigenvalue weighted by molar-refractivity contribution is 0.426. The minimum absolute atomic E-state index is 0.211. The summed E-state index contributed by atoms with van der Waals surface area (Å²) in [6.45, 7) is 7.30. The van der Waals surface area contributed by atoms with Gasteiger partial charge in [-0.2, -0.15) is 0 Å². The lowest BCUT2D eigenvalue weighted by Crippen LogP contribution is -2.14. The number of nitrogens with zero attached hydrogens (tertiary/aromatic N) is 1. The van der Waals surface area contributed by atoms with Gasteiger partial charge in [0.05, 0.1) is 16.9 Å². The number of hydrogen-bond donors (Lipinski definition) is 1. The first-order chi connectivity index (χ1) is 11.7. The fourth-order valence-corrected chi connectivity index (χ4v) is 5.71. The second-order valence-corrected chi connectivity index (χ2v) is 9.28. The first kappa shape index (κ1) is 18.0. The summed E-state index contributed by atoms with van der Waals surface area (Å²) in [6.07, 6.45) is 0. The highest BCUT2D eigenvalue weighted by Crippen LogP contribution is 2.40. The van der Waals surface area contributed by atoms with Crippen LogP contribution in [0.3, 0.4) is 0 Å². The van der Waals surface area contributed by atoms with Gasteiger partial charge < -0.3 is 4.52 Å². The Bertz CT molecular complexity index is 1050. The van der Waals surface area contributed by atoms with Gasteiger partial charge in [0.1, 0.15) is 4.90 Å². The zero-order chi connectivity index (χ0) is 18.4. The van der Waals surface area contributed by atoms with Crippen molar-refractivity contribution in [3.05, 3.63) is 50.3 Å². The van der Waals surface area contributed by atoms with Crippen molar-refractivity contribution in [3.8, 4) is 11.3 Å². The fourth-order valence-electron chi connectivity index (χ4n) is 2.62. The number of aromatic nitrogens is 1. The number of benzene rings is 1. The average Bonchev–Trinajstić information content (AvgIpc) is 3.05. The van der Waals surface area contributed by atoms with Crippen molar-refractivity contribution in [3.63, 3.8) is 0 Å². The highest BCUT2D eigenvalue weighted by molar-refractivity contribution is 7.93. The van der Waals surface area contributed by atoms with E-state index in [0.29, 0.717) is 32.6 Å². The molecule has 0 aliphatic heterocycles. The SMILES string of the molecule is Cc1cc(-c2c(C)sc(C)c2S(=O)(=O)Nc2ccc(C)c(Cl)c2)on1. The van der Waals surface area contributed by atoms with Crippen molar-refractivity contribution in [2.24, 2.45) is 0 Å². The van der Waals surface area contributed by atoms with E-state index in [1.807, 2.05) is 13.8 Å². The van der Waals surface area contributed by atoms with E-state index in [-0.39, 0.29) is 4.90 Å². The number of anilines is 1. The molecule has 1 N–H and O–H groups in total. The third kappa shape index (κ3) is 3.44. The minimum atomic E-state index is -3.81. The van der Waals surface area contributed by atoms with Gasteiger partial charge in [0.2, 0.25) is 0 Å². The van der Waals surface area contributed by atoms with E-state index in [2.05, 4.69) is 9.88 Å². The second-order valence-electron chi connectivity index (χ2n) is 5.82. The van der Waals surface area contributed by atoms with Crippen LogP contribution < -0.4 is 4.72 Å². The highest BCUT2D eigenvalue weighted by Gasteiger charge is 2.28. The number of thiophene rings is 1. The van der Waals surface area contributed by atoms with Crippen LogP contribution in [-0.4, -0.2) is 13.6 Å². The van der Waals surface area contributed by atoms with Gasteiger partial charge in [-0.1, -0.05) is 22.8 Å². The Labute approximate surface area is 155 Å². The third-order valence-electron chi connectivity index (χ3n) is 3.77. The van der Waals surface area contributed by atoms with Crippen molar-refractivity contribution >= 4 is 38.6 Å². The predicted molar refractivity (Wildman–Crippen MR) is 101 cm³/mol. The Balaban J connectivity index is 2.10. The van der Waals surface area contributed by atoms with Crippen LogP contribution in [0.2, 0.25) is 5.02 Å². The summed E-state index contributed by atoms with van der Waals surface area (Å²) in [5.41, 5.74) is 2.54. The molecule has 1 aromatic carbocycles. The Morgan fingerprint density at radius 1 is 1.12 bits per heavy atom. The molecule has 0 saturated heterocycles. The van der Waals surface area contributed by atoms with Gasteiger partial charge in [-0.05, 0) is 45.4 Å². The van der Waals surface area contributed by atoms with E-state index in [1.165, 1.54) is 11.3 Å². The molecule has 0 aliphatic carbocycles. The van der Waals surface area contributed by atoms with Gasteiger partial charge in [-0.15, -0.1) is 11.3 Å². The molecule has 2 heterocycles. The summed E-state index contributed by atoms with van der Waals surface area (Å²) in [5.74, 6) is 0.446. The van der Waals surface area contributed by atoms with Crippen molar-refractivity contribution in [2.45, 2.75) is 32.6 Å². The molecular weight excluding hydrogens is 380 g/mol. The topological polar surface area (TPSA) is 72.2 Å². The first-order valence-electron chi connectivity index (χ1n) is 7.51. The molecule has 0 aliphatic rings. The predicted octanol–water partition coefficient (Wildman–Crippen LogP) is 5.09. The Hall–Kier alpha value is -1.83. The van der Waals surface area contributed by atoms with Crippen LogP contribution in [0.15, 0.2) is 33.7 Å². The highest BCUT2D eigenvalue weighted by atomic mass is 35.5. The summed E-state index contributed by atoms with van der Waals surface area (Å²) in [5, 5.41) is 4.37. The Morgan fingerprint density at radius 2 is 1.84 bits per heavy atom. The Kier molecular flexibility index (Phi) is 4.66. The minimum Gasteiger partial charge on any atom is -0.356 e. The van der Waals surface area contributed by atoms with Gasteiger partial charge in [-0.25, -0.2) is 8.42 Å². The van der Waals surface area contributed by atoms with E-state index < -0.39 is 10.0 Å². The van der Waals surface area contributed by atoms with Crippen molar-refractivity contribution < 1.29 is 12.9 Å². The van der Waals surface area contributed by atoms with Crippen LogP contribution in [0.4, 0.5) is 5.69 Å². The molecule has 0 saturated carbocycles. The molecule has 0 amide bonds. The monoisotopic (exact) mass is 396 g/mol. The molecule has 0 bridgehead atoms. The van der Waals surface area contributed by atoms with E-state index in [9.17, 15) is 8.42 Å². The van der Waals surface area contributed by atoms with Gasteiger partial charge in [0.15, 0.2) is 5.76 Å². The number of rotatable bonds is 4. The number of nitrogens with one attached hydrogen (secondary N) is 1. The van der Waals surface area contributed by atoms with Crippen molar-refractivity contribution in [1.82, 2.24) is 5.16 Å². The lowest BCUT2D eigenvalue weighted by Gasteiger charge is -2.10. The summed E-state index contributed by atoms with van der Waals surface area (Å²) < 4.78 is 34.0. The smallest absolute Gasteiger partial charge is 0.263 e. The molecule has 0 atom stereocenters. The number of halogens is 1. The molecule has 0 unspecified atom stereocenters. The lowest BCUT2D eigenvalue weighted by atomic mass is 10.2. The molecule has 0 fully saturated rings. The summed E-state index contributed by atoms with van der Waals surface area (Å²) in [4.78, 5) is 1.76. The summed E-state index contributed by atoms with van der Waals surface area (Å²) in [6, 6.07) is 6.79. The van der Waals surface area contributed by atoms with E-state index >= 15 is 0 Å². The van der Waals surface area contributed by atoms with Gasteiger partial charge >= 0.3 is 0 Å². The van der Waals surface area contributed by atoms with E-state index in [1.54, 1.807) is 38.1 Å². The van der Waals surface area contributed by atoms with Crippen molar-refractivity contribution in [1.29, 1.82) is 0 Å². The first-order valence-corrected chi connectivity index (χ1v) is 10.2. The van der Waals surface area contributed by atoms with Crippen LogP contribution in [0.1, 0.15) is 21.0 Å². The molecular formula is C17H17ClN2O3S2. The van der Waals surface area contributed by atoms with Gasteiger partial charge in [-0.3, -0.25) is 4.72 Å². The molecule has 3 aromatic rings. The maximum Gasteiger partial charge on any atom is 0.263 e. The van der Waals surface area contributed by atoms with Crippen LogP contribution in [-0.2, 0) is 10.0 Å². The van der Waals surface area contributed by atoms with Crippen LogP contribution in [0, 0.1) is 27.7 Å². The largest absolute Gasteiger partial charge is 0.356 e. The van der Waals surface area contributed by atoms with Crippen molar-refractivity contribution in [2.75, 3.05) is 4.72 Å². The molecule has 25 heavy (non-hydrogen) atoms. The van der Waals surface area contributed by atoms with Gasteiger partial charge in [0, 0.05) is 20.8 Å². The molecule has 8 heteroatoms. The average molecular weight is 397 g/mol. The zero-order valence-electron chi connectivity index (χ0n) is 14.2. The molecule has 2 aromatic heterocycles. The molecule has 0 spiro atoms.